The Morgan fingerprint density at radius 1 is 0.988 bits per heavy atom. The summed E-state index contributed by atoms with van der Waals surface area (Å²) in [4.78, 5) is 108. The number of epoxide rings is 1. The van der Waals surface area contributed by atoms with Gasteiger partial charge in [0, 0.05) is 74.6 Å². The minimum atomic E-state index is -1.62. The summed E-state index contributed by atoms with van der Waals surface area (Å²) in [5, 5.41) is 21.5. The standard InChI is InChI=1S/C61H84Br2ClN5O14/c1-34(2)45(28-44(70)17-12-11-16-38(6)80-57(75)42(32-62)33-63)56(74)68-46(18-14-22-66-58(65)76)48(71)27-41-20-21-43(25-36(41)4)67-59(77)82-51-29-52(72)69(9)47-26-40(24-37(5)54(47)64)23-35(3)15-13-19-50(79-10)61(78)30-49(81-53(73)31-61)39(7)55-60(51,8)83-55/h13,15,19-21,24-26,34,38-39,42,45-46,49-51,55,78H,11-12,14,16-18,22-23,27-33H2,1-10H3,(H,67,77)(H,68,74)(H3,65,66,76)/b19-13+,35-15+/t38?,39-,45+,46+,49+,50-,51+,55+,60+,61-/m1/s1. The van der Waals surface area contributed by atoms with E-state index in [1.807, 2.05) is 59.8 Å². The first-order chi connectivity index (χ1) is 39.1. The maximum absolute atomic E-state index is 14.4. The van der Waals surface area contributed by atoms with Crippen molar-refractivity contribution in [3.63, 3.8) is 0 Å². The molecule has 0 aromatic heterocycles. The van der Waals surface area contributed by atoms with Gasteiger partial charge in [-0.1, -0.05) is 100 Å². The number of unbranched alkanes of at least 4 members (excludes halogenated alkanes) is 1. The number of carbonyl (C=O) groups excluding carboxylic acids is 8. The van der Waals surface area contributed by atoms with Gasteiger partial charge in [0.1, 0.15) is 35.3 Å². The van der Waals surface area contributed by atoms with E-state index < -0.39 is 83.4 Å². The number of primary amides is 1. The molecule has 0 saturated carbocycles. The predicted molar refractivity (Wildman–Crippen MR) is 324 cm³/mol. The monoisotopic (exact) mass is 1300 g/mol. The molecule has 3 heterocycles. The minimum absolute atomic E-state index is 0.0195. The number of aliphatic hydroxyl groups is 1. The zero-order valence-corrected chi connectivity index (χ0v) is 53.3. The minimum Gasteiger partial charge on any atom is -0.462 e. The number of hydrogen-bond donors (Lipinski definition) is 5. The van der Waals surface area contributed by atoms with Crippen LogP contribution in [0.25, 0.3) is 0 Å². The fourth-order valence-electron chi connectivity index (χ4n) is 10.8. The lowest BCUT2D eigenvalue weighted by atomic mass is 9.78. The number of esters is 2. The summed E-state index contributed by atoms with van der Waals surface area (Å²) < 4.78 is 29.6. The van der Waals surface area contributed by atoms with Crippen molar-refractivity contribution in [1.82, 2.24) is 10.6 Å². The van der Waals surface area contributed by atoms with Crippen molar-refractivity contribution in [1.29, 1.82) is 0 Å². The molecule has 2 aromatic rings. The number of amides is 5. The van der Waals surface area contributed by atoms with E-state index >= 15 is 0 Å². The van der Waals surface area contributed by atoms with Crippen molar-refractivity contribution in [3.8, 4) is 0 Å². The zero-order chi connectivity index (χ0) is 61.5. The highest BCUT2D eigenvalue weighted by atomic mass is 79.9. The van der Waals surface area contributed by atoms with Crippen LogP contribution in [0, 0.1) is 37.5 Å². The Balaban J connectivity index is 1.30. The van der Waals surface area contributed by atoms with Gasteiger partial charge in [-0.3, -0.25) is 34.1 Å². The number of aryl methyl sites for hydroxylation is 2. The van der Waals surface area contributed by atoms with E-state index in [1.165, 1.54) is 12.0 Å². The first kappa shape index (κ1) is 68.6. The Hall–Kier alpha value is -5.19. The lowest BCUT2D eigenvalue weighted by molar-refractivity contribution is -0.187. The van der Waals surface area contributed by atoms with Gasteiger partial charge in [0.25, 0.3) is 0 Å². The molecule has 3 aliphatic heterocycles. The Morgan fingerprint density at radius 2 is 1.70 bits per heavy atom. The smallest absolute Gasteiger partial charge is 0.412 e. The maximum atomic E-state index is 14.4. The van der Waals surface area contributed by atoms with Crippen molar-refractivity contribution >= 4 is 102 Å². The molecule has 5 rings (SSSR count). The number of carbonyl (C=O) groups is 8. The molecule has 2 saturated heterocycles. The Labute approximate surface area is 509 Å². The second-order valence-corrected chi connectivity index (χ2v) is 24.8. The fraction of sp³-hybridized carbons (Fsp3) is 0.607. The highest BCUT2D eigenvalue weighted by molar-refractivity contribution is 9.09. The van der Waals surface area contributed by atoms with Crippen molar-refractivity contribution in [2.75, 3.05) is 41.6 Å². The number of anilines is 2. The molecular weight excluding hydrogens is 1220 g/mol. The number of alkyl halides is 2. The van der Waals surface area contributed by atoms with E-state index in [0.717, 1.165) is 16.7 Å². The van der Waals surface area contributed by atoms with Crippen LogP contribution < -0.4 is 26.6 Å². The SMILES string of the molecule is CO[C@@H]1/C=C/C=C(\C)Cc2cc(C)c(Cl)c(c2)N(C)C(=O)C[C@H](OC(=O)Nc2ccc(CC(=O)[C@H](CCCNC(N)=O)NC(=O)[C@@H](CC(=O)CCCCC(C)OC(=O)C(CBr)CBr)C(C)C)c(C)c2)[C@]2(C)O[C@H]2[C@H](C)[C@@H]2C[C@@]1(O)CC(=O)O2. The van der Waals surface area contributed by atoms with Gasteiger partial charge in [-0.15, -0.1) is 0 Å². The second kappa shape index (κ2) is 31.3. The quantitative estimate of drug-likeness (QED) is 0.0215. The van der Waals surface area contributed by atoms with Crippen LogP contribution >= 0.6 is 43.5 Å². The van der Waals surface area contributed by atoms with Crippen LogP contribution in [0.3, 0.4) is 0 Å². The molecular formula is C61H84Br2ClN5O14. The van der Waals surface area contributed by atoms with Crippen molar-refractivity contribution in [2.45, 2.75) is 180 Å². The number of benzene rings is 2. The maximum Gasteiger partial charge on any atom is 0.412 e. The average Bonchev–Trinajstić information content (AvgIpc) is 3.93. The zero-order valence-electron chi connectivity index (χ0n) is 49.4. The number of nitrogens with zero attached hydrogens (tertiary/aromatic N) is 1. The summed E-state index contributed by atoms with van der Waals surface area (Å²) in [7, 11) is 3.06. The van der Waals surface area contributed by atoms with Crippen LogP contribution in [-0.2, 0) is 65.3 Å². The molecule has 0 aliphatic carbocycles. The van der Waals surface area contributed by atoms with E-state index in [-0.39, 0.29) is 87.0 Å². The number of rotatable bonds is 24. The molecule has 2 aromatic carbocycles. The third-order valence-electron chi connectivity index (χ3n) is 16.0. The van der Waals surface area contributed by atoms with Gasteiger partial charge in [-0.2, -0.15) is 0 Å². The van der Waals surface area contributed by atoms with Gasteiger partial charge in [0.15, 0.2) is 5.78 Å². The van der Waals surface area contributed by atoms with Gasteiger partial charge >= 0.3 is 24.1 Å². The number of allylic oxidation sites excluding steroid dienone is 3. The second-order valence-electron chi connectivity index (χ2n) is 23.1. The molecule has 4 bridgehead atoms. The molecule has 83 heavy (non-hydrogen) atoms. The molecule has 3 aliphatic rings. The van der Waals surface area contributed by atoms with Crippen LogP contribution in [0.15, 0.2) is 54.1 Å². The molecule has 6 N–H and O–H groups in total. The molecule has 5 amide bonds. The van der Waals surface area contributed by atoms with Gasteiger partial charge < -0.3 is 50.1 Å². The highest BCUT2D eigenvalue weighted by Gasteiger charge is 2.64. The fourth-order valence-corrected chi connectivity index (χ4v) is 12.7. The number of urea groups is 1. The third-order valence-corrected chi connectivity index (χ3v) is 18.1. The van der Waals surface area contributed by atoms with E-state index in [9.17, 15) is 43.5 Å². The molecule has 19 nitrogen and oxygen atoms in total. The van der Waals surface area contributed by atoms with E-state index in [0.29, 0.717) is 70.3 Å². The number of methoxy groups -OCH3 is 1. The summed E-state index contributed by atoms with van der Waals surface area (Å²) in [5.74, 6) is -4.01. The molecule has 458 valence electrons. The van der Waals surface area contributed by atoms with Crippen molar-refractivity contribution < 1.29 is 67.1 Å². The summed E-state index contributed by atoms with van der Waals surface area (Å²) in [6.45, 7) is 14.8. The molecule has 22 heteroatoms. The summed E-state index contributed by atoms with van der Waals surface area (Å²) in [6.07, 6.45) is 2.83. The van der Waals surface area contributed by atoms with Crippen LogP contribution in [0.5, 0.6) is 0 Å². The first-order valence-corrected chi connectivity index (χ1v) is 31.0. The Kier molecular flexibility index (Phi) is 25.8. The number of nitrogens with one attached hydrogen (secondary N) is 3. The lowest BCUT2D eigenvalue weighted by Gasteiger charge is -2.41. The molecule has 0 radical (unpaired) electrons. The third kappa shape index (κ3) is 19.4. The number of hydrogen-bond acceptors (Lipinski definition) is 14. The Bertz CT molecular complexity index is 2740. The lowest BCUT2D eigenvalue weighted by Crippen LogP contribution is -2.53. The van der Waals surface area contributed by atoms with E-state index in [4.69, 9.17) is 41.0 Å². The van der Waals surface area contributed by atoms with Crippen LogP contribution in [-0.4, -0.2) is 132 Å². The topological polar surface area (TPSA) is 272 Å². The summed E-state index contributed by atoms with van der Waals surface area (Å²) >= 11 is 13.5. The number of Topliss-reactive ketones (excluding diaryl/α,β-unsaturated/α-hetero) is 2. The van der Waals surface area contributed by atoms with Gasteiger partial charge in [0.2, 0.25) is 11.8 Å². The number of ether oxygens (including phenoxy) is 5. The predicted octanol–water partition coefficient (Wildman–Crippen LogP) is 9.41. The van der Waals surface area contributed by atoms with Crippen molar-refractivity contribution in [3.05, 3.63) is 81.4 Å². The average molecular weight is 1310 g/mol. The number of nitrogens with two attached hydrogens (primary N) is 1. The molecule has 0 spiro atoms. The van der Waals surface area contributed by atoms with Crippen LogP contribution in [0.1, 0.15) is 128 Å². The van der Waals surface area contributed by atoms with Crippen LogP contribution in [0.4, 0.5) is 21.0 Å². The van der Waals surface area contributed by atoms with E-state index in [2.05, 4.69) is 47.8 Å². The summed E-state index contributed by atoms with van der Waals surface area (Å²) in [6, 6.07) is 7.01. The highest BCUT2D eigenvalue weighted by Crippen LogP contribution is 2.50. The number of ketones is 2. The largest absolute Gasteiger partial charge is 0.462 e. The van der Waals surface area contributed by atoms with Crippen molar-refractivity contribution in [2.24, 2.45) is 29.4 Å². The molecule has 2 fully saturated rings. The van der Waals surface area contributed by atoms with Gasteiger partial charge in [0.05, 0.1) is 47.7 Å². The normalized spacial score (nSPS) is 24.9. The molecule has 10 atom stereocenters. The van der Waals surface area contributed by atoms with Crippen LogP contribution in [0.2, 0.25) is 5.02 Å². The molecule has 1 unspecified atom stereocenters. The Morgan fingerprint density at radius 3 is 2.35 bits per heavy atom. The van der Waals surface area contributed by atoms with E-state index in [1.54, 1.807) is 51.2 Å². The number of fused-ring (bicyclic) bond motifs is 5. The van der Waals surface area contributed by atoms with Gasteiger partial charge in [-0.25, -0.2) is 9.59 Å². The summed E-state index contributed by atoms with van der Waals surface area (Å²) in [5.41, 5.74) is 6.99. The first-order valence-electron chi connectivity index (χ1n) is 28.4. The van der Waals surface area contributed by atoms with Gasteiger partial charge in [-0.05, 0) is 120 Å². The number of halogens is 3.